The zero-order valence-electron chi connectivity index (χ0n) is 5.23. The van der Waals surface area contributed by atoms with Gasteiger partial charge in [0.25, 0.3) is 0 Å². The second-order valence-electron chi connectivity index (χ2n) is 1.42. The average Bonchev–Trinajstić information content (AvgIpc) is 1.90. The first-order chi connectivity index (χ1) is 4.26. The van der Waals surface area contributed by atoms with Gasteiger partial charge in [0.15, 0.2) is 0 Å². The standard InChI is InChI=1S/C8H9F/c1-4-7(5-2)8(9)6-3/h4-6H,1-3H2. The predicted molar refractivity (Wildman–Crippen MR) is 38.7 cm³/mol. The number of hydrogen-bond donors (Lipinski definition) is 0. The van der Waals surface area contributed by atoms with Crippen LogP contribution in [0.4, 0.5) is 4.39 Å². The molecule has 0 N–H and O–H groups in total. The molecule has 0 aliphatic rings. The zero-order chi connectivity index (χ0) is 7.28. The Morgan fingerprint density at radius 1 is 1.00 bits per heavy atom. The summed E-state index contributed by atoms with van der Waals surface area (Å²) in [5.74, 6) is -0.389. The van der Waals surface area contributed by atoms with Crippen LogP contribution in [0.15, 0.2) is 49.4 Å². The highest BCUT2D eigenvalue weighted by Crippen LogP contribution is 2.08. The first-order valence-electron chi connectivity index (χ1n) is 2.53. The van der Waals surface area contributed by atoms with Gasteiger partial charge in [0.1, 0.15) is 5.83 Å². The van der Waals surface area contributed by atoms with Crippen LogP contribution < -0.4 is 0 Å². The van der Waals surface area contributed by atoms with E-state index in [2.05, 4.69) is 19.7 Å². The molecule has 0 saturated carbocycles. The summed E-state index contributed by atoms with van der Waals surface area (Å²) in [6, 6.07) is 0. The fraction of sp³-hybridized carbons (Fsp3) is 0. The molecule has 0 radical (unpaired) electrons. The van der Waals surface area contributed by atoms with E-state index in [0.717, 1.165) is 6.08 Å². The summed E-state index contributed by atoms with van der Waals surface area (Å²) < 4.78 is 12.4. The van der Waals surface area contributed by atoms with Gasteiger partial charge >= 0.3 is 0 Å². The SMILES string of the molecule is C=CC(F)=C(C=C)C=C. The van der Waals surface area contributed by atoms with Crippen LogP contribution in [0.1, 0.15) is 0 Å². The Hall–Kier alpha value is -1.11. The maximum Gasteiger partial charge on any atom is 0.129 e. The first kappa shape index (κ1) is 7.89. The van der Waals surface area contributed by atoms with Crippen molar-refractivity contribution in [1.29, 1.82) is 0 Å². The summed E-state index contributed by atoms with van der Waals surface area (Å²) in [7, 11) is 0. The van der Waals surface area contributed by atoms with E-state index in [4.69, 9.17) is 0 Å². The predicted octanol–water partition coefficient (Wildman–Crippen LogP) is 2.77. The van der Waals surface area contributed by atoms with Crippen molar-refractivity contribution in [3.8, 4) is 0 Å². The molecule has 0 aromatic rings. The minimum absolute atomic E-state index is 0.380. The Morgan fingerprint density at radius 2 is 1.44 bits per heavy atom. The molecule has 1 heteroatoms. The summed E-state index contributed by atoms with van der Waals surface area (Å²) in [6.07, 6.45) is 3.91. The van der Waals surface area contributed by atoms with E-state index in [9.17, 15) is 4.39 Å². The van der Waals surface area contributed by atoms with Gasteiger partial charge in [0, 0.05) is 5.57 Å². The van der Waals surface area contributed by atoms with Crippen molar-refractivity contribution in [2.75, 3.05) is 0 Å². The van der Waals surface area contributed by atoms with Crippen molar-refractivity contribution < 1.29 is 4.39 Å². The molecular weight excluding hydrogens is 115 g/mol. The topological polar surface area (TPSA) is 0 Å². The Morgan fingerprint density at radius 3 is 1.56 bits per heavy atom. The van der Waals surface area contributed by atoms with Crippen LogP contribution in [-0.2, 0) is 0 Å². The van der Waals surface area contributed by atoms with Gasteiger partial charge in [-0.05, 0) is 6.08 Å². The Balaban J connectivity index is 4.56. The third kappa shape index (κ3) is 2.08. The first-order valence-corrected chi connectivity index (χ1v) is 2.53. The summed E-state index contributed by atoms with van der Waals surface area (Å²) in [5.41, 5.74) is 0.380. The van der Waals surface area contributed by atoms with Crippen molar-refractivity contribution >= 4 is 0 Å². The molecular formula is C8H9F. The Bertz CT molecular complexity index is 153. The lowest BCUT2D eigenvalue weighted by Crippen LogP contribution is -1.72. The van der Waals surface area contributed by atoms with Crippen LogP contribution in [-0.4, -0.2) is 0 Å². The molecule has 0 atom stereocenters. The summed E-state index contributed by atoms with van der Waals surface area (Å²) >= 11 is 0. The highest BCUT2D eigenvalue weighted by atomic mass is 19.1. The summed E-state index contributed by atoms with van der Waals surface area (Å²) in [6.45, 7) is 10.0. The molecule has 0 amide bonds. The van der Waals surface area contributed by atoms with Crippen LogP contribution in [0.5, 0.6) is 0 Å². The van der Waals surface area contributed by atoms with E-state index in [-0.39, 0.29) is 5.83 Å². The van der Waals surface area contributed by atoms with Gasteiger partial charge in [-0.15, -0.1) is 0 Å². The van der Waals surface area contributed by atoms with E-state index in [1.54, 1.807) is 0 Å². The molecule has 0 aliphatic carbocycles. The van der Waals surface area contributed by atoms with Crippen molar-refractivity contribution in [2.45, 2.75) is 0 Å². The molecule has 0 rings (SSSR count). The molecule has 0 nitrogen and oxygen atoms in total. The maximum atomic E-state index is 12.4. The van der Waals surface area contributed by atoms with Crippen LogP contribution in [0.3, 0.4) is 0 Å². The van der Waals surface area contributed by atoms with Gasteiger partial charge in [0.05, 0.1) is 0 Å². The van der Waals surface area contributed by atoms with Crippen LogP contribution in [0, 0.1) is 0 Å². The van der Waals surface area contributed by atoms with Crippen LogP contribution in [0.25, 0.3) is 0 Å². The molecule has 9 heavy (non-hydrogen) atoms. The highest BCUT2D eigenvalue weighted by Gasteiger charge is 1.90. The van der Waals surface area contributed by atoms with Crippen molar-refractivity contribution in [3.63, 3.8) is 0 Å². The van der Waals surface area contributed by atoms with Gasteiger partial charge in [-0.2, -0.15) is 0 Å². The lowest BCUT2D eigenvalue weighted by Gasteiger charge is -1.90. The van der Waals surface area contributed by atoms with E-state index < -0.39 is 0 Å². The lowest BCUT2D eigenvalue weighted by atomic mass is 10.2. The number of rotatable bonds is 3. The van der Waals surface area contributed by atoms with Gasteiger partial charge in [-0.1, -0.05) is 31.9 Å². The van der Waals surface area contributed by atoms with E-state index in [0.29, 0.717) is 5.57 Å². The monoisotopic (exact) mass is 124 g/mol. The van der Waals surface area contributed by atoms with Gasteiger partial charge in [0.2, 0.25) is 0 Å². The molecule has 0 unspecified atom stereocenters. The van der Waals surface area contributed by atoms with Crippen molar-refractivity contribution in [3.05, 3.63) is 49.4 Å². The second kappa shape index (κ2) is 3.84. The molecule has 0 aromatic heterocycles. The van der Waals surface area contributed by atoms with E-state index in [1.165, 1.54) is 12.2 Å². The molecule has 0 aliphatic heterocycles. The summed E-state index contributed by atoms with van der Waals surface area (Å²) in [4.78, 5) is 0. The number of halogens is 1. The number of hydrogen-bond acceptors (Lipinski definition) is 0. The number of allylic oxidation sites excluding steroid dienone is 5. The van der Waals surface area contributed by atoms with Crippen LogP contribution in [0.2, 0.25) is 0 Å². The van der Waals surface area contributed by atoms with Crippen LogP contribution >= 0.6 is 0 Å². The Labute approximate surface area is 54.7 Å². The highest BCUT2D eigenvalue weighted by molar-refractivity contribution is 5.34. The minimum atomic E-state index is -0.389. The second-order valence-corrected chi connectivity index (χ2v) is 1.42. The molecule has 0 bridgehead atoms. The quantitative estimate of drug-likeness (QED) is 0.507. The normalized spacial score (nSPS) is 7.67. The molecule has 0 aromatic carbocycles. The maximum absolute atomic E-state index is 12.4. The molecule has 0 fully saturated rings. The minimum Gasteiger partial charge on any atom is -0.206 e. The van der Waals surface area contributed by atoms with E-state index >= 15 is 0 Å². The lowest BCUT2D eigenvalue weighted by molar-refractivity contribution is 0.662. The molecule has 0 saturated heterocycles. The Kier molecular flexibility index (Phi) is 3.37. The zero-order valence-corrected chi connectivity index (χ0v) is 5.23. The fourth-order valence-corrected chi connectivity index (χ4v) is 0.396. The van der Waals surface area contributed by atoms with Gasteiger partial charge in [-0.25, -0.2) is 4.39 Å². The van der Waals surface area contributed by atoms with Gasteiger partial charge < -0.3 is 0 Å². The average molecular weight is 124 g/mol. The van der Waals surface area contributed by atoms with Crippen molar-refractivity contribution in [2.24, 2.45) is 0 Å². The fourth-order valence-electron chi connectivity index (χ4n) is 0.396. The van der Waals surface area contributed by atoms with Gasteiger partial charge in [-0.3, -0.25) is 0 Å². The molecule has 0 heterocycles. The molecule has 0 spiro atoms. The van der Waals surface area contributed by atoms with Crippen molar-refractivity contribution in [1.82, 2.24) is 0 Å². The molecule has 48 valence electrons. The van der Waals surface area contributed by atoms with E-state index in [1.807, 2.05) is 0 Å². The third-order valence-corrected chi connectivity index (χ3v) is 0.895. The third-order valence-electron chi connectivity index (χ3n) is 0.895. The smallest absolute Gasteiger partial charge is 0.129 e. The summed E-state index contributed by atoms with van der Waals surface area (Å²) in [5, 5.41) is 0. The largest absolute Gasteiger partial charge is 0.206 e.